The van der Waals surface area contributed by atoms with Crippen LogP contribution in [-0.4, -0.2) is 41.2 Å². The SMILES string of the molecule is Cc1oc(-c2ccsc2)nc1CC(=O)NC(C(=O)O)C1CCCOC1. The van der Waals surface area contributed by atoms with E-state index in [0.29, 0.717) is 30.6 Å². The fourth-order valence-electron chi connectivity index (χ4n) is 2.89. The second-order valence-corrected chi connectivity index (χ2v) is 6.85. The van der Waals surface area contributed by atoms with Crippen LogP contribution in [0.2, 0.25) is 0 Å². The minimum absolute atomic E-state index is 0.0170. The van der Waals surface area contributed by atoms with Crippen molar-refractivity contribution in [1.29, 1.82) is 0 Å². The molecule has 1 fully saturated rings. The first-order valence-corrected chi connectivity index (χ1v) is 9.07. The highest BCUT2D eigenvalue weighted by Gasteiger charge is 2.31. The van der Waals surface area contributed by atoms with Crippen molar-refractivity contribution in [3.8, 4) is 11.5 Å². The Morgan fingerprint density at radius 1 is 1.52 bits per heavy atom. The molecule has 0 aromatic carbocycles. The molecular weight excluding hydrogens is 344 g/mol. The number of carboxylic acids is 1. The molecule has 8 heteroatoms. The molecule has 2 aromatic rings. The quantitative estimate of drug-likeness (QED) is 0.815. The molecule has 0 radical (unpaired) electrons. The normalized spacial score (nSPS) is 18.7. The molecule has 134 valence electrons. The Hall–Kier alpha value is -2.19. The molecule has 3 heterocycles. The van der Waals surface area contributed by atoms with Crippen LogP contribution in [0.4, 0.5) is 0 Å². The van der Waals surface area contributed by atoms with Crippen LogP contribution in [0, 0.1) is 12.8 Å². The van der Waals surface area contributed by atoms with Gasteiger partial charge in [0.05, 0.1) is 18.7 Å². The van der Waals surface area contributed by atoms with Crippen LogP contribution in [0.15, 0.2) is 21.2 Å². The van der Waals surface area contributed by atoms with E-state index in [1.807, 2.05) is 16.8 Å². The predicted molar refractivity (Wildman–Crippen MR) is 91.4 cm³/mol. The molecule has 25 heavy (non-hydrogen) atoms. The molecule has 0 spiro atoms. The third-order valence-electron chi connectivity index (χ3n) is 4.24. The van der Waals surface area contributed by atoms with Crippen LogP contribution >= 0.6 is 11.3 Å². The number of nitrogens with zero attached hydrogens (tertiary/aromatic N) is 1. The van der Waals surface area contributed by atoms with Gasteiger partial charge in [0.25, 0.3) is 0 Å². The maximum Gasteiger partial charge on any atom is 0.326 e. The largest absolute Gasteiger partial charge is 0.480 e. The fraction of sp³-hybridized carbons (Fsp3) is 0.471. The van der Waals surface area contributed by atoms with Gasteiger partial charge < -0.3 is 19.6 Å². The van der Waals surface area contributed by atoms with Crippen molar-refractivity contribution >= 4 is 23.2 Å². The summed E-state index contributed by atoms with van der Waals surface area (Å²) >= 11 is 1.53. The Labute approximate surface area is 149 Å². The maximum atomic E-state index is 12.3. The summed E-state index contributed by atoms with van der Waals surface area (Å²) in [6.45, 7) is 2.73. The molecule has 3 rings (SSSR count). The summed E-state index contributed by atoms with van der Waals surface area (Å²) in [5.74, 6) is -0.609. The summed E-state index contributed by atoms with van der Waals surface area (Å²) in [6, 6.07) is 0.944. The van der Waals surface area contributed by atoms with Gasteiger partial charge in [-0.3, -0.25) is 4.79 Å². The number of nitrogens with one attached hydrogen (secondary N) is 1. The second-order valence-electron chi connectivity index (χ2n) is 6.07. The van der Waals surface area contributed by atoms with Gasteiger partial charge in [-0.2, -0.15) is 11.3 Å². The van der Waals surface area contributed by atoms with Crippen LogP contribution < -0.4 is 5.32 Å². The zero-order chi connectivity index (χ0) is 17.8. The number of carboxylic acid groups (broad SMARTS) is 1. The van der Waals surface area contributed by atoms with E-state index in [0.717, 1.165) is 18.4 Å². The molecule has 2 atom stereocenters. The average Bonchev–Trinajstić information content (AvgIpc) is 3.24. The summed E-state index contributed by atoms with van der Waals surface area (Å²) in [6.07, 6.45) is 1.51. The van der Waals surface area contributed by atoms with E-state index in [9.17, 15) is 14.7 Å². The number of aryl methyl sites for hydroxylation is 1. The Morgan fingerprint density at radius 2 is 2.36 bits per heavy atom. The number of thiophene rings is 1. The summed E-state index contributed by atoms with van der Waals surface area (Å²) in [5.41, 5.74) is 1.38. The average molecular weight is 364 g/mol. The first kappa shape index (κ1) is 17.6. The number of hydrogen-bond acceptors (Lipinski definition) is 6. The molecule has 2 unspecified atom stereocenters. The Balaban J connectivity index is 1.66. The van der Waals surface area contributed by atoms with Crippen LogP contribution in [-0.2, 0) is 20.7 Å². The minimum Gasteiger partial charge on any atom is -0.480 e. The summed E-state index contributed by atoms with van der Waals surface area (Å²) in [5, 5.41) is 15.9. The maximum absolute atomic E-state index is 12.3. The fourth-order valence-corrected chi connectivity index (χ4v) is 3.52. The lowest BCUT2D eigenvalue weighted by molar-refractivity contribution is -0.145. The van der Waals surface area contributed by atoms with Crippen molar-refractivity contribution < 1.29 is 23.8 Å². The van der Waals surface area contributed by atoms with Gasteiger partial charge in [0.1, 0.15) is 11.8 Å². The first-order chi connectivity index (χ1) is 12.0. The molecule has 2 aromatic heterocycles. The zero-order valence-corrected chi connectivity index (χ0v) is 14.7. The third-order valence-corrected chi connectivity index (χ3v) is 4.92. The summed E-state index contributed by atoms with van der Waals surface area (Å²) < 4.78 is 10.9. The number of ether oxygens (including phenoxy) is 1. The second kappa shape index (κ2) is 7.79. The van der Waals surface area contributed by atoms with Crippen molar-refractivity contribution in [1.82, 2.24) is 10.3 Å². The van der Waals surface area contributed by atoms with E-state index in [1.54, 1.807) is 6.92 Å². The predicted octanol–water partition coefficient (Wildman–Crippen LogP) is 2.25. The number of rotatable bonds is 6. The van der Waals surface area contributed by atoms with Crippen LogP contribution in [0.1, 0.15) is 24.3 Å². The van der Waals surface area contributed by atoms with Crippen LogP contribution in [0.25, 0.3) is 11.5 Å². The first-order valence-electron chi connectivity index (χ1n) is 8.13. The number of carbonyl (C=O) groups excluding carboxylic acids is 1. The number of amides is 1. The van der Waals surface area contributed by atoms with E-state index >= 15 is 0 Å². The van der Waals surface area contributed by atoms with Crippen molar-refractivity contribution in [2.75, 3.05) is 13.2 Å². The lowest BCUT2D eigenvalue weighted by atomic mass is 9.93. The highest BCUT2D eigenvalue weighted by atomic mass is 32.1. The number of aliphatic carboxylic acids is 1. The van der Waals surface area contributed by atoms with Crippen molar-refractivity contribution in [3.63, 3.8) is 0 Å². The van der Waals surface area contributed by atoms with E-state index in [2.05, 4.69) is 10.3 Å². The van der Waals surface area contributed by atoms with Gasteiger partial charge in [0.2, 0.25) is 11.8 Å². The number of carbonyl (C=O) groups is 2. The molecule has 7 nitrogen and oxygen atoms in total. The summed E-state index contributed by atoms with van der Waals surface area (Å²) in [4.78, 5) is 28.2. The van der Waals surface area contributed by atoms with Gasteiger partial charge in [0, 0.05) is 23.5 Å². The third kappa shape index (κ3) is 4.26. The van der Waals surface area contributed by atoms with Crippen molar-refractivity contribution in [2.24, 2.45) is 5.92 Å². The van der Waals surface area contributed by atoms with Crippen molar-refractivity contribution in [2.45, 2.75) is 32.2 Å². The van der Waals surface area contributed by atoms with Gasteiger partial charge in [-0.25, -0.2) is 9.78 Å². The van der Waals surface area contributed by atoms with Gasteiger partial charge in [-0.1, -0.05) is 0 Å². The number of hydrogen-bond donors (Lipinski definition) is 2. The van der Waals surface area contributed by atoms with E-state index in [1.165, 1.54) is 11.3 Å². The van der Waals surface area contributed by atoms with Gasteiger partial charge in [-0.15, -0.1) is 0 Å². The molecule has 0 aliphatic carbocycles. The molecule has 1 aliphatic heterocycles. The lowest BCUT2D eigenvalue weighted by Gasteiger charge is -2.28. The monoisotopic (exact) mass is 364 g/mol. The smallest absolute Gasteiger partial charge is 0.326 e. The minimum atomic E-state index is -1.04. The zero-order valence-electron chi connectivity index (χ0n) is 13.9. The summed E-state index contributed by atoms with van der Waals surface area (Å²) in [7, 11) is 0. The van der Waals surface area contributed by atoms with E-state index < -0.39 is 12.0 Å². The standard InChI is InChI=1S/C17H20N2O5S/c1-10-13(18-16(24-10)12-4-6-25-9-12)7-14(20)19-15(17(21)22)11-3-2-5-23-8-11/h4,6,9,11,15H,2-3,5,7-8H2,1H3,(H,19,20)(H,21,22). The number of oxazole rings is 1. The van der Waals surface area contributed by atoms with Gasteiger partial charge in [0.15, 0.2) is 0 Å². The highest BCUT2D eigenvalue weighted by molar-refractivity contribution is 7.08. The van der Waals surface area contributed by atoms with E-state index in [-0.39, 0.29) is 18.2 Å². The number of aromatic nitrogens is 1. The van der Waals surface area contributed by atoms with Crippen LogP contribution in [0.3, 0.4) is 0 Å². The Morgan fingerprint density at radius 3 is 3.00 bits per heavy atom. The van der Waals surface area contributed by atoms with Gasteiger partial charge >= 0.3 is 5.97 Å². The topological polar surface area (TPSA) is 102 Å². The molecule has 1 saturated heterocycles. The molecular formula is C17H20N2O5S. The Kier molecular flexibility index (Phi) is 5.50. The van der Waals surface area contributed by atoms with Gasteiger partial charge in [-0.05, 0) is 31.2 Å². The molecule has 0 saturated carbocycles. The van der Waals surface area contributed by atoms with E-state index in [4.69, 9.17) is 9.15 Å². The lowest BCUT2D eigenvalue weighted by Crippen LogP contribution is -2.48. The highest BCUT2D eigenvalue weighted by Crippen LogP contribution is 2.24. The Bertz CT molecular complexity index is 734. The molecule has 1 aliphatic rings. The molecule has 0 bridgehead atoms. The molecule has 1 amide bonds. The molecule has 2 N–H and O–H groups in total. The van der Waals surface area contributed by atoms with Crippen molar-refractivity contribution in [3.05, 3.63) is 28.3 Å². The van der Waals surface area contributed by atoms with Crippen LogP contribution in [0.5, 0.6) is 0 Å².